The first kappa shape index (κ1) is 24.7. The van der Waals surface area contributed by atoms with Crippen LogP contribution in [-0.2, 0) is 25.4 Å². The molecule has 1 aliphatic rings. The molecule has 0 bridgehead atoms. The SMILES string of the molecule is COc1ccc(CN2CCN(C(=O)NCc3ccc(C(F)(F)F)cc3C(F)(F)F)CC2)cc1. The highest BCUT2D eigenvalue weighted by atomic mass is 19.4. The Morgan fingerprint density at radius 1 is 0.939 bits per heavy atom. The Kier molecular flexibility index (Phi) is 7.41. The number of urea groups is 1. The van der Waals surface area contributed by atoms with E-state index in [2.05, 4.69) is 10.2 Å². The Morgan fingerprint density at radius 3 is 2.12 bits per heavy atom. The molecule has 1 heterocycles. The molecule has 1 saturated heterocycles. The zero-order valence-corrected chi connectivity index (χ0v) is 17.8. The molecule has 3 rings (SSSR count). The average Bonchev–Trinajstić information content (AvgIpc) is 2.77. The summed E-state index contributed by atoms with van der Waals surface area (Å²) < 4.78 is 83.3. The molecule has 1 N–H and O–H groups in total. The lowest BCUT2D eigenvalue weighted by Crippen LogP contribution is -2.51. The van der Waals surface area contributed by atoms with Gasteiger partial charge in [-0.1, -0.05) is 18.2 Å². The van der Waals surface area contributed by atoms with Gasteiger partial charge < -0.3 is 15.0 Å². The molecule has 0 saturated carbocycles. The maximum absolute atomic E-state index is 13.3. The molecule has 11 heteroatoms. The van der Waals surface area contributed by atoms with E-state index in [9.17, 15) is 31.1 Å². The largest absolute Gasteiger partial charge is 0.497 e. The van der Waals surface area contributed by atoms with Crippen LogP contribution in [0.25, 0.3) is 0 Å². The predicted octanol–water partition coefficient (Wildman–Crippen LogP) is 4.76. The minimum atomic E-state index is -4.98. The number of hydrogen-bond donors (Lipinski definition) is 1. The van der Waals surface area contributed by atoms with Gasteiger partial charge >= 0.3 is 18.4 Å². The molecule has 2 aromatic carbocycles. The molecule has 1 fully saturated rings. The van der Waals surface area contributed by atoms with E-state index in [0.29, 0.717) is 38.8 Å². The smallest absolute Gasteiger partial charge is 0.416 e. The summed E-state index contributed by atoms with van der Waals surface area (Å²) in [5.74, 6) is 0.752. The van der Waals surface area contributed by atoms with Crippen molar-refractivity contribution in [3.8, 4) is 5.75 Å². The molecule has 33 heavy (non-hydrogen) atoms. The third-order valence-electron chi connectivity index (χ3n) is 5.40. The number of alkyl halides is 6. The molecule has 0 atom stereocenters. The number of ether oxygens (including phenoxy) is 1. The van der Waals surface area contributed by atoms with Gasteiger partial charge in [-0.05, 0) is 35.4 Å². The van der Waals surface area contributed by atoms with Crippen LogP contribution in [0.4, 0.5) is 31.1 Å². The second-order valence-electron chi connectivity index (χ2n) is 7.64. The van der Waals surface area contributed by atoms with E-state index in [1.165, 1.54) is 4.90 Å². The van der Waals surface area contributed by atoms with Crippen LogP contribution < -0.4 is 10.1 Å². The van der Waals surface area contributed by atoms with E-state index in [1.54, 1.807) is 7.11 Å². The monoisotopic (exact) mass is 475 g/mol. The fourth-order valence-corrected chi connectivity index (χ4v) is 3.55. The van der Waals surface area contributed by atoms with Gasteiger partial charge in [-0.2, -0.15) is 26.3 Å². The third kappa shape index (κ3) is 6.53. The number of carbonyl (C=O) groups excluding carboxylic acids is 1. The summed E-state index contributed by atoms with van der Waals surface area (Å²) in [5, 5.41) is 2.39. The summed E-state index contributed by atoms with van der Waals surface area (Å²) in [7, 11) is 1.58. The van der Waals surface area contributed by atoms with Crippen molar-refractivity contribution in [3.63, 3.8) is 0 Å². The van der Waals surface area contributed by atoms with Crippen molar-refractivity contribution in [2.45, 2.75) is 25.4 Å². The zero-order valence-electron chi connectivity index (χ0n) is 17.8. The maximum atomic E-state index is 13.3. The first-order chi connectivity index (χ1) is 15.5. The molecule has 0 spiro atoms. The fraction of sp³-hybridized carbons (Fsp3) is 0.409. The molecule has 0 aromatic heterocycles. The van der Waals surface area contributed by atoms with Crippen LogP contribution in [0, 0.1) is 0 Å². The Hall–Kier alpha value is -2.95. The number of methoxy groups -OCH3 is 1. The fourth-order valence-electron chi connectivity index (χ4n) is 3.55. The quantitative estimate of drug-likeness (QED) is 0.635. The van der Waals surface area contributed by atoms with Crippen molar-refractivity contribution in [2.75, 3.05) is 33.3 Å². The summed E-state index contributed by atoms with van der Waals surface area (Å²) in [4.78, 5) is 16.0. The topological polar surface area (TPSA) is 44.8 Å². The van der Waals surface area contributed by atoms with E-state index >= 15 is 0 Å². The molecular weight excluding hydrogens is 452 g/mol. The lowest BCUT2D eigenvalue weighted by molar-refractivity contribution is -0.143. The predicted molar refractivity (Wildman–Crippen MR) is 109 cm³/mol. The van der Waals surface area contributed by atoms with E-state index in [4.69, 9.17) is 4.74 Å². The van der Waals surface area contributed by atoms with E-state index in [0.717, 1.165) is 17.4 Å². The molecular formula is C22H23F6N3O2. The minimum absolute atomic E-state index is 0.0689. The minimum Gasteiger partial charge on any atom is -0.497 e. The van der Waals surface area contributed by atoms with Gasteiger partial charge in [0.2, 0.25) is 0 Å². The third-order valence-corrected chi connectivity index (χ3v) is 5.40. The van der Waals surface area contributed by atoms with Gasteiger partial charge in [0.25, 0.3) is 0 Å². The highest BCUT2D eigenvalue weighted by Gasteiger charge is 2.38. The summed E-state index contributed by atoms with van der Waals surface area (Å²) >= 11 is 0. The van der Waals surface area contributed by atoms with Crippen molar-refractivity contribution in [3.05, 3.63) is 64.7 Å². The van der Waals surface area contributed by atoms with Crippen molar-refractivity contribution in [2.24, 2.45) is 0 Å². The van der Waals surface area contributed by atoms with Crippen molar-refractivity contribution in [1.29, 1.82) is 0 Å². The highest BCUT2D eigenvalue weighted by Crippen LogP contribution is 2.37. The number of halogens is 6. The summed E-state index contributed by atoms with van der Waals surface area (Å²) in [5.41, 5.74) is -2.16. The molecule has 0 aliphatic carbocycles. The number of rotatable bonds is 5. The number of amides is 2. The van der Waals surface area contributed by atoms with E-state index in [1.807, 2.05) is 24.3 Å². The van der Waals surface area contributed by atoms with Gasteiger partial charge in [-0.25, -0.2) is 4.79 Å². The number of piperazine rings is 1. The normalized spacial score (nSPS) is 15.4. The molecule has 5 nitrogen and oxygen atoms in total. The van der Waals surface area contributed by atoms with Gasteiger partial charge in [0, 0.05) is 39.3 Å². The summed E-state index contributed by atoms with van der Waals surface area (Å²) in [6, 6.07) is 8.44. The number of nitrogens with zero attached hydrogens (tertiary/aromatic N) is 2. The van der Waals surface area contributed by atoms with Gasteiger partial charge in [-0.15, -0.1) is 0 Å². The standard InChI is InChI=1S/C22H23F6N3O2/c1-33-18-6-2-15(3-7-18)14-30-8-10-31(11-9-30)20(32)29-13-16-4-5-17(21(23,24)25)12-19(16)22(26,27)28/h2-7,12H,8-11,13-14H2,1H3,(H,29,32). The molecule has 0 radical (unpaired) electrons. The van der Waals surface area contributed by atoms with Crippen LogP contribution in [0.2, 0.25) is 0 Å². The molecule has 180 valence electrons. The second-order valence-corrected chi connectivity index (χ2v) is 7.64. The van der Waals surface area contributed by atoms with Gasteiger partial charge in [0.15, 0.2) is 0 Å². The first-order valence-electron chi connectivity index (χ1n) is 10.1. The first-order valence-corrected chi connectivity index (χ1v) is 10.1. The molecule has 2 aromatic rings. The van der Waals surface area contributed by atoms with Crippen LogP contribution in [-0.4, -0.2) is 49.1 Å². The van der Waals surface area contributed by atoms with Crippen LogP contribution in [0.15, 0.2) is 42.5 Å². The van der Waals surface area contributed by atoms with Gasteiger partial charge in [0.1, 0.15) is 5.75 Å². The Bertz CT molecular complexity index is 952. The highest BCUT2D eigenvalue weighted by molar-refractivity contribution is 5.74. The lowest BCUT2D eigenvalue weighted by Gasteiger charge is -2.34. The number of hydrogen-bond acceptors (Lipinski definition) is 3. The molecule has 2 amide bonds. The maximum Gasteiger partial charge on any atom is 0.416 e. The lowest BCUT2D eigenvalue weighted by atomic mass is 10.0. The van der Waals surface area contributed by atoms with Crippen LogP contribution in [0.1, 0.15) is 22.3 Å². The second kappa shape index (κ2) is 9.90. The number of carbonyl (C=O) groups is 1. The van der Waals surface area contributed by atoms with Crippen LogP contribution >= 0.6 is 0 Å². The van der Waals surface area contributed by atoms with Crippen molar-refractivity contribution < 1.29 is 35.9 Å². The van der Waals surface area contributed by atoms with Crippen molar-refractivity contribution >= 4 is 6.03 Å². The Morgan fingerprint density at radius 2 is 1.58 bits per heavy atom. The van der Waals surface area contributed by atoms with Gasteiger partial charge in [0.05, 0.1) is 18.2 Å². The van der Waals surface area contributed by atoms with Gasteiger partial charge in [-0.3, -0.25) is 4.90 Å². The summed E-state index contributed by atoms with van der Waals surface area (Å²) in [6.07, 6.45) is -9.87. The number of nitrogens with one attached hydrogen (secondary N) is 1. The zero-order chi connectivity index (χ0) is 24.2. The van der Waals surface area contributed by atoms with Crippen LogP contribution in [0.5, 0.6) is 5.75 Å². The van der Waals surface area contributed by atoms with E-state index < -0.39 is 41.6 Å². The molecule has 1 aliphatic heterocycles. The average molecular weight is 475 g/mol. The summed E-state index contributed by atoms with van der Waals surface area (Å²) in [6.45, 7) is 2.06. The van der Waals surface area contributed by atoms with Crippen LogP contribution in [0.3, 0.4) is 0 Å². The molecule has 0 unspecified atom stereocenters. The van der Waals surface area contributed by atoms with Crippen molar-refractivity contribution in [1.82, 2.24) is 15.1 Å². The van der Waals surface area contributed by atoms with E-state index in [-0.39, 0.29) is 6.07 Å². The Labute approximate surface area is 186 Å². The number of benzene rings is 2. The Balaban J connectivity index is 1.55.